The Morgan fingerprint density at radius 2 is 2.00 bits per heavy atom. The molecule has 17 heavy (non-hydrogen) atoms. The summed E-state index contributed by atoms with van der Waals surface area (Å²) in [6.45, 7) is 5.55. The van der Waals surface area contributed by atoms with Gasteiger partial charge in [0.05, 0.1) is 22.9 Å². The Morgan fingerprint density at radius 3 is 2.76 bits per heavy atom. The second-order valence-electron chi connectivity index (χ2n) is 3.84. The average molecular weight is 231 g/mol. The van der Waals surface area contributed by atoms with E-state index in [0.29, 0.717) is 0 Å². The first-order valence-electron chi connectivity index (χ1n) is 5.97. The van der Waals surface area contributed by atoms with Gasteiger partial charge >= 0.3 is 0 Å². The number of benzene rings is 1. The molecule has 0 saturated carbocycles. The minimum atomic E-state index is 0.0832. The molecule has 0 bridgehead atoms. The van der Waals surface area contributed by atoms with Crippen LogP contribution in [0.25, 0.3) is 11.0 Å². The van der Waals surface area contributed by atoms with Crippen LogP contribution in [0.2, 0.25) is 0 Å². The van der Waals surface area contributed by atoms with E-state index < -0.39 is 0 Å². The molecule has 0 saturated heterocycles. The molecule has 1 aliphatic rings. The predicted octanol–water partition coefficient (Wildman–Crippen LogP) is 2.15. The zero-order valence-electron chi connectivity index (χ0n) is 10.5. The molecule has 0 N–H and O–H groups in total. The first-order valence-corrected chi connectivity index (χ1v) is 5.97. The van der Waals surface area contributed by atoms with E-state index in [9.17, 15) is 4.79 Å². The van der Waals surface area contributed by atoms with Gasteiger partial charge in [-0.2, -0.15) is 0 Å². The van der Waals surface area contributed by atoms with Crippen molar-refractivity contribution in [2.24, 2.45) is 0 Å². The number of carbonyl (C=O) groups excluding carboxylic acids is 1. The maximum atomic E-state index is 12.0. The molecule has 1 aliphatic heterocycles. The Kier molecular flexibility index (Phi) is 3.13. The summed E-state index contributed by atoms with van der Waals surface area (Å²) in [5, 5.41) is 0. The van der Waals surface area contributed by atoms with Gasteiger partial charge < -0.3 is 9.47 Å². The van der Waals surface area contributed by atoms with E-state index in [1.165, 1.54) is 0 Å². The van der Waals surface area contributed by atoms with E-state index in [0.717, 1.165) is 29.7 Å². The van der Waals surface area contributed by atoms with Crippen molar-refractivity contribution in [1.29, 1.82) is 0 Å². The van der Waals surface area contributed by atoms with E-state index >= 15 is 0 Å². The van der Waals surface area contributed by atoms with Crippen molar-refractivity contribution in [2.75, 3.05) is 13.6 Å². The summed E-state index contributed by atoms with van der Waals surface area (Å²) < 4.78 is 2.05. The van der Waals surface area contributed by atoms with Crippen LogP contribution in [0.3, 0.4) is 0 Å². The lowest BCUT2D eigenvalue weighted by molar-refractivity contribution is 0.0798. The molecule has 90 valence electrons. The lowest BCUT2D eigenvalue weighted by Crippen LogP contribution is -2.27. The molecule has 0 fully saturated rings. The zero-order chi connectivity index (χ0) is 12.4. The second kappa shape index (κ2) is 4.57. The summed E-state index contributed by atoms with van der Waals surface area (Å²) in [5.74, 6) is 0.0832. The van der Waals surface area contributed by atoms with Crippen molar-refractivity contribution in [3.05, 3.63) is 30.1 Å². The molecule has 4 heteroatoms. The SMILES string of the molecule is CC.CN1CCn2cnc3cccc(c32)C1=O. The lowest BCUT2D eigenvalue weighted by atomic mass is 10.1. The molecule has 1 aromatic heterocycles. The first kappa shape index (κ1) is 11.6. The molecular formula is C13H17N3O. The van der Waals surface area contributed by atoms with Gasteiger partial charge in [0.15, 0.2) is 0 Å². The monoisotopic (exact) mass is 231 g/mol. The molecule has 2 aromatic rings. The van der Waals surface area contributed by atoms with Crippen molar-refractivity contribution in [3.8, 4) is 0 Å². The molecule has 2 heterocycles. The van der Waals surface area contributed by atoms with Gasteiger partial charge in [-0.3, -0.25) is 4.79 Å². The Balaban J connectivity index is 0.000000514. The van der Waals surface area contributed by atoms with E-state index in [1.807, 2.05) is 43.7 Å². The number of aromatic nitrogens is 2. The molecule has 0 radical (unpaired) electrons. The van der Waals surface area contributed by atoms with Gasteiger partial charge in [-0.1, -0.05) is 19.9 Å². The number of nitrogens with zero attached hydrogens (tertiary/aromatic N) is 3. The number of amides is 1. The number of imidazole rings is 1. The van der Waals surface area contributed by atoms with Gasteiger partial charge in [0, 0.05) is 20.1 Å². The molecule has 4 nitrogen and oxygen atoms in total. The quantitative estimate of drug-likeness (QED) is 0.696. The molecule has 0 atom stereocenters. The van der Waals surface area contributed by atoms with Crippen LogP contribution < -0.4 is 0 Å². The van der Waals surface area contributed by atoms with Gasteiger partial charge in [0.25, 0.3) is 5.91 Å². The first-order chi connectivity index (χ1) is 8.27. The topological polar surface area (TPSA) is 38.1 Å². The summed E-state index contributed by atoms with van der Waals surface area (Å²) in [5.41, 5.74) is 2.62. The number of rotatable bonds is 0. The largest absolute Gasteiger partial charge is 0.340 e. The molecule has 0 unspecified atom stereocenters. The normalized spacial score (nSPS) is 14.3. The molecule has 0 spiro atoms. The Hall–Kier alpha value is -1.84. The van der Waals surface area contributed by atoms with Crippen molar-refractivity contribution >= 4 is 16.9 Å². The number of hydrogen-bond acceptors (Lipinski definition) is 2. The second-order valence-corrected chi connectivity index (χ2v) is 3.84. The van der Waals surface area contributed by atoms with Crippen LogP contribution in [0.5, 0.6) is 0 Å². The third-order valence-electron chi connectivity index (χ3n) is 2.89. The Labute approximate surface area is 101 Å². The molecule has 1 amide bonds. The van der Waals surface area contributed by atoms with Crippen molar-refractivity contribution < 1.29 is 4.79 Å². The molecule has 0 aliphatic carbocycles. The highest BCUT2D eigenvalue weighted by molar-refractivity contribution is 6.05. The summed E-state index contributed by atoms with van der Waals surface area (Å²) >= 11 is 0. The smallest absolute Gasteiger partial charge is 0.255 e. The number of hydrogen-bond donors (Lipinski definition) is 0. The van der Waals surface area contributed by atoms with Crippen LogP contribution in [0.4, 0.5) is 0 Å². The fourth-order valence-electron chi connectivity index (χ4n) is 2.03. The highest BCUT2D eigenvalue weighted by Gasteiger charge is 2.20. The summed E-state index contributed by atoms with van der Waals surface area (Å²) in [6, 6.07) is 5.69. The molecule has 3 rings (SSSR count). The maximum absolute atomic E-state index is 12.0. The van der Waals surface area contributed by atoms with Crippen molar-refractivity contribution in [2.45, 2.75) is 20.4 Å². The summed E-state index contributed by atoms with van der Waals surface area (Å²) in [4.78, 5) is 18.0. The fourth-order valence-corrected chi connectivity index (χ4v) is 2.03. The Bertz CT molecular complexity index is 545. The summed E-state index contributed by atoms with van der Waals surface area (Å²) in [7, 11) is 1.83. The van der Waals surface area contributed by atoms with Crippen LogP contribution in [0, 0.1) is 0 Å². The standard InChI is InChI=1S/C11H11N3O.C2H6/c1-13-5-6-14-7-12-9-4-2-3-8(10(9)14)11(13)15;1-2/h2-4,7H,5-6H2,1H3;1-2H3. The lowest BCUT2D eigenvalue weighted by Gasteiger charge is -2.13. The minimum absolute atomic E-state index is 0.0832. The summed E-state index contributed by atoms with van der Waals surface area (Å²) in [6.07, 6.45) is 1.81. The van der Waals surface area contributed by atoms with Crippen LogP contribution in [0.15, 0.2) is 24.5 Å². The van der Waals surface area contributed by atoms with Crippen LogP contribution >= 0.6 is 0 Å². The van der Waals surface area contributed by atoms with E-state index in [1.54, 1.807) is 11.2 Å². The van der Waals surface area contributed by atoms with Gasteiger partial charge in [0.2, 0.25) is 0 Å². The van der Waals surface area contributed by atoms with Gasteiger partial charge in [-0.25, -0.2) is 4.98 Å². The average Bonchev–Trinajstić information content (AvgIpc) is 2.75. The highest BCUT2D eigenvalue weighted by atomic mass is 16.2. The van der Waals surface area contributed by atoms with Crippen molar-refractivity contribution in [3.63, 3.8) is 0 Å². The minimum Gasteiger partial charge on any atom is -0.340 e. The van der Waals surface area contributed by atoms with Gasteiger partial charge in [0.1, 0.15) is 0 Å². The highest BCUT2D eigenvalue weighted by Crippen LogP contribution is 2.21. The van der Waals surface area contributed by atoms with Crippen molar-refractivity contribution in [1.82, 2.24) is 14.5 Å². The zero-order valence-corrected chi connectivity index (χ0v) is 10.5. The van der Waals surface area contributed by atoms with E-state index in [2.05, 4.69) is 4.98 Å². The number of likely N-dealkylation sites (N-methyl/N-ethyl adjacent to an activating group) is 1. The van der Waals surface area contributed by atoms with Crippen LogP contribution in [0.1, 0.15) is 24.2 Å². The predicted molar refractivity (Wildman–Crippen MR) is 68.0 cm³/mol. The van der Waals surface area contributed by atoms with Crippen LogP contribution in [-0.4, -0.2) is 34.0 Å². The maximum Gasteiger partial charge on any atom is 0.255 e. The third kappa shape index (κ3) is 1.79. The van der Waals surface area contributed by atoms with E-state index in [-0.39, 0.29) is 5.91 Å². The van der Waals surface area contributed by atoms with Gasteiger partial charge in [-0.15, -0.1) is 0 Å². The van der Waals surface area contributed by atoms with E-state index in [4.69, 9.17) is 0 Å². The van der Waals surface area contributed by atoms with Gasteiger partial charge in [-0.05, 0) is 12.1 Å². The molecular weight excluding hydrogens is 214 g/mol. The van der Waals surface area contributed by atoms with Crippen LogP contribution in [-0.2, 0) is 6.54 Å². The molecule has 1 aromatic carbocycles. The fraction of sp³-hybridized carbons (Fsp3) is 0.385. The third-order valence-corrected chi connectivity index (χ3v) is 2.89. The number of para-hydroxylation sites is 1. The number of carbonyl (C=O) groups is 1. The Morgan fingerprint density at radius 1 is 1.24 bits per heavy atom.